The van der Waals surface area contributed by atoms with Crippen molar-refractivity contribution in [2.24, 2.45) is 0 Å². The molecule has 1 heterocycles. The van der Waals surface area contributed by atoms with Crippen LogP contribution in [0.3, 0.4) is 0 Å². The highest BCUT2D eigenvalue weighted by atomic mass is 79.9. The molecule has 0 unspecified atom stereocenters. The molecule has 6 heteroatoms. The van der Waals surface area contributed by atoms with Gasteiger partial charge in [-0.05, 0) is 42.1 Å². The molecule has 0 aliphatic heterocycles. The Hall–Kier alpha value is -2.02. The van der Waals surface area contributed by atoms with Gasteiger partial charge in [0.2, 0.25) is 5.91 Å². The second-order valence-corrected chi connectivity index (χ2v) is 7.76. The quantitative estimate of drug-likeness (QED) is 0.550. The van der Waals surface area contributed by atoms with Gasteiger partial charge < -0.3 is 5.32 Å². The minimum Gasteiger partial charge on any atom is -0.322 e. The summed E-state index contributed by atoms with van der Waals surface area (Å²) in [6.45, 7) is 1.77. The van der Waals surface area contributed by atoms with E-state index >= 15 is 0 Å². The summed E-state index contributed by atoms with van der Waals surface area (Å²) in [5.41, 5.74) is 1.24. The molecule has 2 aromatic carbocycles. The molecule has 0 aliphatic rings. The fourth-order valence-corrected chi connectivity index (χ4v) is 3.75. The Morgan fingerprint density at radius 1 is 1.12 bits per heavy atom. The van der Waals surface area contributed by atoms with Gasteiger partial charge in [0, 0.05) is 9.35 Å². The summed E-state index contributed by atoms with van der Waals surface area (Å²) in [6.07, 6.45) is 0. The van der Waals surface area contributed by atoms with Gasteiger partial charge in [0.15, 0.2) is 0 Å². The highest BCUT2D eigenvalue weighted by molar-refractivity contribution is 9.10. The van der Waals surface area contributed by atoms with E-state index in [0.29, 0.717) is 4.47 Å². The van der Waals surface area contributed by atoms with E-state index < -0.39 is 11.9 Å². The van der Waals surface area contributed by atoms with Gasteiger partial charge in [0.1, 0.15) is 5.82 Å². The van der Waals surface area contributed by atoms with Crippen molar-refractivity contribution in [3.8, 4) is 0 Å². The smallest absolute Gasteiger partial charge is 0.241 e. The summed E-state index contributed by atoms with van der Waals surface area (Å²) >= 11 is 4.84. The fourth-order valence-electron chi connectivity index (χ4n) is 2.60. The average Bonchev–Trinajstić information content (AvgIpc) is 3.17. The van der Waals surface area contributed by atoms with Crippen molar-refractivity contribution in [1.82, 2.24) is 5.32 Å². The van der Waals surface area contributed by atoms with Crippen molar-refractivity contribution >= 4 is 38.9 Å². The molecule has 134 valence electrons. The lowest BCUT2D eigenvalue weighted by molar-refractivity contribution is -0.117. The molecular weight excluding hydrogens is 415 g/mol. The van der Waals surface area contributed by atoms with E-state index in [1.54, 1.807) is 24.3 Å². The molecule has 26 heavy (non-hydrogen) atoms. The van der Waals surface area contributed by atoms with Gasteiger partial charge in [-0.2, -0.15) is 0 Å². The Balaban J connectivity index is 1.75. The van der Waals surface area contributed by atoms with E-state index in [0.717, 1.165) is 10.4 Å². The van der Waals surface area contributed by atoms with Gasteiger partial charge in [-0.15, -0.1) is 11.3 Å². The highest BCUT2D eigenvalue weighted by Crippen LogP contribution is 2.26. The van der Waals surface area contributed by atoms with Crippen LogP contribution >= 0.6 is 27.3 Å². The van der Waals surface area contributed by atoms with E-state index in [1.807, 2.05) is 47.8 Å². The van der Waals surface area contributed by atoms with E-state index in [4.69, 9.17) is 0 Å². The molecule has 2 N–H and O–H groups in total. The van der Waals surface area contributed by atoms with Crippen molar-refractivity contribution in [3.05, 3.63) is 86.8 Å². The molecule has 0 spiro atoms. The number of halogens is 2. The summed E-state index contributed by atoms with van der Waals surface area (Å²) < 4.78 is 14.6. The number of carbonyl (C=O) groups is 1. The summed E-state index contributed by atoms with van der Waals surface area (Å²) in [7, 11) is 0. The molecule has 3 rings (SSSR count). The number of thiophene rings is 1. The zero-order chi connectivity index (χ0) is 18.5. The number of benzene rings is 2. The van der Waals surface area contributed by atoms with Crippen LogP contribution in [0.2, 0.25) is 0 Å². The average molecular weight is 433 g/mol. The molecule has 0 fully saturated rings. The van der Waals surface area contributed by atoms with Crippen molar-refractivity contribution in [2.45, 2.75) is 19.0 Å². The number of rotatable bonds is 6. The van der Waals surface area contributed by atoms with Crippen LogP contribution in [0.1, 0.15) is 23.4 Å². The van der Waals surface area contributed by atoms with Gasteiger partial charge in [0.05, 0.1) is 17.8 Å². The van der Waals surface area contributed by atoms with Crippen LogP contribution in [0, 0.1) is 5.82 Å². The molecule has 3 nitrogen and oxygen atoms in total. The largest absolute Gasteiger partial charge is 0.322 e. The summed E-state index contributed by atoms with van der Waals surface area (Å²) in [6, 6.07) is 17.9. The Kier molecular flexibility index (Phi) is 6.19. The standard InChI is InChI=1S/C20H18BrFN2OS/c1-13(20(25)24-17-10-9-15(21)12-16(17)22)23-19(18-8-5-11-26-18)14-6-3-2-4-7-14/h2-13,19,23H,1H3,(H,24,25)/t13-,19+/m1/s1. The van der Waals surface area contributed by atoms with Gasteiger partial charge in [0.25, 0.3) is 0 Å². The third-order valence-electron chi connectivity index (χ3n) is 3.96. The Bertz CT molecular complexity index is 871. The monoisotopic (exact) mass is 432 g/mol. The van der Waals surface area contributed by atoms with Gasteiger partial charge in [-0.25, -0.2) is 4.39 Å². The van der Waals surface area contributed by atoms with E-state index in [1.165, 1.54) is 12.1 Å². The van der Waals surface area contributed by atoms with E-state index in [2.05, 4.69) is 26.6 Å². The van der Waals surface area contributed by atoms with Crippen molar-refractivity contribution in [3.63, 3.8) is 0 Å². The zero-order valence-electron chi connectivity index (χ0n) is 14.1. The third kappa shape index (κ3) is 4.58. The number of hydrogen-bond acceptors (Lipinski definition) is 3. The Morgan fingerprint density at radius 2 is 1.88 bits per heavy atom. The highest BCUT2D eigenvalue weighted by Gasteiger charge is 2.22. The lowest BCUT2D eigenvalue weighted by atomic mass is 10.0. The normalized spacial score (nSPS) is 13.2. The van der Waals surface area contributed by atoms with Crippen LogP contribution in [-0.2, 0) is 4.79 Å². The van der Waals surface area contributed by atoms with Crippen LogP contribution in [-0.4, -0.2) is 11.9 Å². The molecule has 1 amide bonds. The summed E-state index contributed by atoms with van der Waals surface area (Å²) in [5.74, 6) is -0.762. The van der Waals surface area contributed by atoms with Crippen LogP contribution in [0.15, 0.2) is 70.5 Å². The van der Waals surface area contributed by atoms with E-state index in [9.17, 15) is 9.18 Å². The maximum atomic E-state index is 14.0. The second-order valence-electron chi connectivity index (χ2n) is 5.86. The lowest BCUT2D eigenvalue weighted by Gasteiger charge is -2.23. The first-order valence-electron chi connectivity index (χ1n) is 8.15. The van der Waals surface area contributed by atoms with Crippen LogP contribution in [0.25, 0.3) is 0 Å². The first-order chi connectivity index (χ1) is 12.5. The fraction of sp³-hybridized carbons (Fsp3) is 0.150. The van der Waals surface area contributed by atoms with Crippen molar-refractivity contribution in [2.75, 3.05) is 5.32 Å². The number of carbonyl (C=O) groups excluding carboxylic acids is 1. The third-order valence-corrected chi connectivity index (χ3v) is 5.39. The number of hydrogen-bond donors (Lipinski definition) is 2. The maximum Gasteiger partial charge on any atom is 0.241 e. The Morgan fingerprint density at radius 3 is 2.54 bits per heavy atom. The lowest BCUT2D eigenvalue weighted by Crippen LogP contribution is -2.40. The molecule has 0 saturated heterocycles. The van der Waals surface area contributed by atoms with Gasteiger partial charge >= 0.3 is 0 Å². The van der Waals surface area contributed by atoms with E-state index in [-0.39, 0.29) is 17.6 Å². The first kappa shape index (κ1) is 18.8. The number of amides is 1. The van der Waals surface area contributed by atoms with Crippen molar-refractivity contribution in [1.29, 1.82) is 0 Å². The van der Waals surface area contributed by atoms with Gasteiger partial charge in [-0.3, -0.25) is 10.1 Å². The molecule has 0 radical (unpaired) electrons. The molecule has 0 saturated carbocycles. The molecular formula is C20H18BrFN2OS. The molecule has 2 atom stereocenters. The summed E-state index contributed by atoms with van der Waals surface area (Å²) in [5, 5.41) is 8.01. The topological polar surface area (TPSA) is 41.1 Å². The first-order valence-corrected chi connectivity index (χ1v) is 9.82. The molecule has 0 bridgehead atoms. The van der Waals surface area contributed by atoms with Crippen LogP contribution in [0.4, 0.5) is 10.1 Å². The number of nitrogens with one attached hydrogen (secondary N) is 2. The summed E-state index contributed by atoms with van der Waals surface area (Å²) in [4.78, 5) is 13.7. The van der Waals surface area contributed by atoms with Crippen LogP contribution < -0.4 is 10.6 Å². The van der Waals surface area contributed by atoms with Crippen LogP contribution in [0.5, 0.6) is 0 Å². The predicted octanol–water partition coefficient (Wildman–Crippen LogP) is 5.36. The Labute approximate surface area is 164 Å². The molecule has 0 aliphatic carbocycles. The predicted molar refractivity (Wildman–Crippen MR) is 108 cm³/mol. The SMILES string of the molecule is C[C@@H](N[C@@H](c1ccccc1)c1cccs1)C(=O)Nc1ccc(Br)cc1F. The minimum absolute atomic E-state index is 0.105. The minimum atomic E-state index is -0.509. The van der Waals surface area contributed by atoms with Crippen molar-refractivity contribution < 1.29 is 9.18 Å². The zero-order valence-corrected chi connectivity index (χ0v) is 16.5. The molecule has 3 aromatic rings. The number of anilines is 1. The maximum absolute atomic E-state index is 14.0. The van der Waals surface area contributed by atoms with Gasteiger partial charge in [-0.1, -0.05) is 52.3 Å². The second kappa shape index (κ2) is 8.58. The molecule has 1 aromatic heterocycles.